The fourth-order valence-electron chi connectivity index (χ4n) is 2.29. The van der Waals surface area contributed by atoms with Crippen LogP contribution < -0.4 is 5.32 Å². The topological polar surface area (TPSA) is 41.6 Å². The second-order valence-electron chi connectivity index (χ2n) is 4.80. The number of carbonyl (C=O) groups is 1. The second kappa shape index (κ2) is 5.87. The summed E-state index contributed by atoms with van der Waals surface area (Å²) in [6.07, 6.45) is -0.222. The predicted molar refractivity (Wildman–Crippen MR) is 70.3 cm³/mol. The van der Waals surface area contributed by atoms with Gasteiger partial charge in [-0.05, 0) is 19.4 Å². The molecule has 0 saturated carbocycles. The van der Waals surface area contributed by atoms with Gasteiger partial charge < -0.3 is 15.0 Å². The molecule has 0 aliphatic carbocycles. The summed E-state index contributed by atoms with van der Waals surface area (Å²) in [5.74, 6) is 0. The zero-order valence-corrected chi connectivity index (χ0v) is 10.9. The standard InChI is InChI=1S/C14H20N2O2/c1-11-8-15-9-12(2)16(11)14(17)18-10-13-6-4-3-5-7-13/h3-7,11-12,15H,8-10H2,1-2H3/t11-,12+. The first-order valence-electron chi connectivity index (χ1n) is 6.38. The van der Waals surface area contributed by atoms with Crippen LogP contribution in [0.3, 0.4) is 0 Å². The van der Waals surface area contributed by atoms with Crippen LogP contribution in [0.15, 0.2) is 30.3 Å². The van der Waals surface area contributed by atoms with Crippen LogP contribution in [0.4, 0.5) is 4.79 Å². The molecule has 98 valence electrons. The van der Waals surface area contributed by atoms with Crippen LogP contribution >= 0.6 is 0 Å². The van der Waals surface area contributed by atoms with Crippen molar-refractivity contribution in [2.75, 3.05) is 13.1 Å². The van der Waals surface area contributed by atoms with Crippen LogP contribution in [-0.4, -0.2) is 36.2 Å². The average molecular weight is 248 g/mol. The maximum Gasteiger partial charge on any atom is 0.410 e. The zero-order valence-electron chi connectivity index (χ0n) is 10.9. The first-order chi connectivity index (χ1) is 8.68. The van der Waals surface area contributed by atoms with E-state index in [2.05, 4.69) is 5.32 Å². The highest BCUT2D eigenvalue weighted by atomic mass is 16.6. The van der Waals surface area contributed by atoms with Gasteiger partial charge in [0.15, 0.2) is 0 Å². The lowest BCUT2D eigenvalue weighted by Crippen LogP contribution is -2.57. The number of nitrogens with one attached hydrogen (secondary N) is 1. The SMILES string of the molecule is C[C@@H]1CNC[C@H](C)N1C(=O)OCc1ccccc1. The summed E-state index contributed by atoms with van der Waals surface area (Å²) >= 11 is 0. The molecule has 4 nitrogen and oxygen atoms in total. The Morgan fingerprint density at radius 2 is 1.89 bits per heavy atom. The van der Waals surface area contributed by atoms with E-state index in [0.717, 1.165) is 18.7 Å². The number of carbonyl (C=O) groups excluding carboxylic acids is 1. The highest BCUT2D eigenvalue weighted by Gasteiger charge is 2.29. The number of ether oxygens (including phenoxy) is 1. The molecular formula is C14H20N2O2. The highest BCUT2D eigenvalue weighted by Crippen LogP contribution is 2.12. The van der Waals surface area contributed by atoms with E-state index >= 15 is 0 Å². The van der Waals surface area contributed by atoms with Gasteiger partial charge in [0.1, 0.15) is 6.61 Å². The van der Waals surface area contributed by atoms with Gasteiger partial charge in [0.05, 0.1) is 0 Å². The Labute approximate surface area is 108 Å². The van der Waals surface area contributed by atoms with E-state index in [9.17, 15) is 4.79 Å². The molecule has 1 aliphatic rings. The summed E-state index contributed by atoms with van der Waals surface area (Å²) < 4.78 is 5.37. The van der Waals surface area contributed by atoms with E-state index in [1.54, 1.807) is 0 Å². The molecule has 0 radical (unpaired) electrons. The molecule has 1 aromatic rings. The van der Waals surface area contributed by atoms with E-state index in [1.807, 2.05) is 49.1 Å². The highest BCUT2D eigenvalue weighted by molar-refractivity contribution is 5.68. The predicted octanol–water partition coefficient (Wildman–Crippen LogP) is 2.01. The minimum atomic E-state index is -0.222. The Hall–Kier alpha value is -1.55. The summed E-state index contributed by atoms with van der Waals surface area (Å²) in [4.78, 5) is 13.9. The molecule has 0 unspecified atom stereocenters. The Bertz CT molecular complexity index is 384. The second-order valence-corrected chi connectivity index (χ2v) is 4.80. The summed E-state index contributed by atoms with van der Waals surface area (Å²) in [5, 5.41) is 3.29. The number of hydrogen-bond donors (Lipinski definition) is 1. The van der Waals surface area contributed by atoms with Crippen LogP contribution in [0, 0.1) is 0 Å². The molecular weight excluding hydrogens is 228 g/mol. The van der Waals surface area contributed by atoms with Crippen LogP contribution in [0.5, 0.6) is 0 Å². The number of nitrogens with zero attached hydrogens (tertiary/aromatic N) is 1. The van der Waals surface area contributed by atoms with Crippen molar-refractivity contribution >= 4 is 6.09 Å². The zero-order chi connectivity index (χ0) is 13.0. The number of piperazine rings is 1. The van der Waals surface area contributed by atoms with Crippen molar-refractivity contribution in [3.63, 3.8) is 0 Å². The minimum Gasteiger partial charge on any atom is -0.445 e. The van der Waals surface area contributed by atoms with E-state index in [-0.39, 0.29) is 18.2 Å². The van der Waals surface area contributed by atoms with Gasteiger partial charge in [-0.3, -0.25) is 0 Å². The molecule has 1 saturated heterocycles. The van der Waals surface area contributed by atoms with Crippen molar-refractivity contribution in [1.82, 2.24) is 10.2 Å². The first-order valence-corrected chi connectivity index (χ1v) is 6.38. The van der Waals surface area contributed by atoms with Gasteiger partial charge in [-0.2, -0.15) is 0 Å². The summed E-state index contributed by atoms with van der Waals surface area (Å²) in [6, 6.07) is 10.1. The molecule has 1 N–H and O–H groups in total. The smallest absolute Gasteiger partial charge is 0.410 e. The quantitative estimate of drug-likeness (QED) is 0.870. The lowest BCUT2D eigenvalue weighted by atomic mass is 10.1. The van der Waals surface area contributed by atoms with Crippen molar-refractivity contribution < 1.29 is 9.53 Å². The molecule has 1 heterocycles. The Kier molecular flexibility index (Phi) is 4.20. The fourth-order valence-corrected chi connectivity index (χ4v) is 2.29. The normalized spacial score (nSPS) is 23.8. The van der Waals surface area contributed by atoms with Crippen molar-refractivity contribution in [3.8, 4) is 0 Å². The lowest BCUT2D eigenvalue weighted by Gasteiger charge is -2.38. The van der Waals surface area contributed by atoms with Crippen molar-refractivity contribution in [2.24, 2.45) is 0 Å². The number of rotatable bonds is 2. The van der Waals surface area contributed by atoms with Crippen LogP contribution in [0.2, 0.25) is 0 Å². The average Bonchev–Trinajstić information content (AvgIpc) is 2.37. The third kappa shape index (κ3) is 3.01. The number of benzene rings is 1. The third-order valence-electron chi connectivity index (χ3n) is 3.25. The number of amides is 1. The largest absolute Gasteiger partial charge is 0.445 e. The summed E-state index contributed by atoms with van der Waals surface area (Å²) in [7, 11) is 0. The number of hydrogen-bond acceptors (Lipinski definition) is 3. The van der Waals surface area contributed by atoms with Gasteiger partial charge in [-0.25, -0.2) is 4.79 Å². The molecule has 1 aromatic carbocycles. The van der Waals surface area contributed by atoms with Crippen LogP contribution in [-0.2, 0) is 11.3 Å². The van der Waals surface area contributed by atoms with Crippen LogP contribution in [0.25, 0.3) is 0 Å². The van der Waals surface area contributed by atoms with Crippen LogP contribution in [0.1, 0.15) is 19.4 Å². The minimum absolute atomic E-state index is 0.178. The van der Waals surface area contributed by atoms with E-state index in [1.165, 1.54) is 0 Å². The van der Waals surface area contributed by atoms with Gasteiger partial charge in [0, 0.05) is 25.2 Å². The van der Waals surface area contributed by atoms with Gasteiger partial charge in [-0.15, -0.1) is 0 Å². The Morgan fingerprint density at radius 1 is 1.28 bits per heavy atom. The molecule has 0 spiro atoms. The fraction of sp³-hybridized carbons (Fsp3) is 0.500. The molecule has 2 atom stereocenters. The van der Waals surface area contributed by atoms with Crippen molar-refractivity contribution in [1.29, 1.82) is 0 Å². The molecule has 1 amide bonds. The first kappa shape index (κ1) is 12.9. The lowest BCUT2D eigenvalue weighted by molar-refractivity contribution is 0.0564. The molecule has 1 fully saturated rings. The maximum atomic E-state index is 12.1. The molecule has 4 heteroatoms. The van der Waals surface area contributed by atoms with E-state index in [4.69, 9.17) is 4.74 Å². The summed E-state index contributed by atoms with van der Waals surface area (Å²) in [6.45, 7) is 6.05. The van der Waals surface area contributed by atoms with Gasteiger partial charge in [-0.1, -0.05) is 30.3 Å². The molecule has 0 aromatic heterocycles. The van der Waals surface area contributed by atoms with Gasteiger partial charge in [0.25, 0.3) is 0 Å². The maximum absolute atomic E-state index is 12.1. The van der Waals surface area contributed by atoms with Gasteiger partial charge in [0.2, 0.25) is 0 Å². The molecule has 1 aliphatic heterocycles. The van der Waals surface area contributed by atoms with Crippen molar-refractivity contribution in [3.05, 3.63) is 35.9 Å². The Balaban J connectivity index is 1.91. The van der Waals surface area contributed by atoms with E-state index < -0.39 is 0 Å². The van der Waals surface area contributed by atoms with E-state index in [0.29, 0.717) is 6.61 Å². The molecule has 2 rings (SSSR count). The van der Waals surface area contributed by atoms with Crippen molar-refractivity contribution in [2.45, 2.75) is 32.5 Å². The summed E-state index contributed by atoms with van der Waals surface area (Å²) in [5.41, 5.74) is 1.02. The molecule has 18 heavy (non-hydrogen) atoms. The monoisotopic (exact) mass is 248 g/mol. The van der Waals surface area contributed by atoms with Gasteiger partial charge >= 0.3 is 6.09 Å². The Morgan fingerprint density at radius 3 is 2.50 bits per heavy atom. The molecule has 0 bridgehead atoms. The third-order valence-corrected chi connectivity index (χ3v) is 3.25.